The lowest BCUT2D eigenvalue weighted by atomic mass is 10.0. The molecule has 112 valence electrons. The highest BCUT2D eigenvalue weighted by atomic mass is 16.6. The molecule has 1 aromatic rings. The minimum Gasteiger partial charge on any atom is -0.465 e. The van der Waals surface area contributed by atoms with Gasteiger partial charge in [0, 0.05) is 6.07 Å². The number of hydrogen-bond donors (Lipinski definition) is 0. The van der Waals surface area contributed by atoms with Gasteiger partial charge in [0.25, 0.3) is 5.69 Å². The first kappa shape index (κ1) is 16.1. The van der Waals surface area contributed by atoms with Crippen molar-refractivity contribution in [1.82, 2.24) is 0 Å². The Labute approximate surface area is 118 Å². The maximum atomic E-state index is 11.6. The van der Waals surface area contributed by atoms with Gasteiger partial charge in [0.05, 0.1) is 37.4 Å². The summed E-state index contributed by atoms with van der Waals surface area (Å²) in [4.78, 5) is 44.9. The van der Waals surface area contributed by atoms with Gasteiger partial charge in [0.15, 0.2) is 0 Å². The third-order valence-electron chi connectivity index (χ3n) is 2.55. The SMILES string of the molecule is COC(=O)c1cc(C(=O)OC)c([N+](=O)[O-])cc1C(=O)OC. The Hall–Kier alpha value is -2.97. The highest BCUT2D eigenvalue weighted by molar-refractivity contribution is 6.06. The van der Waals surface area contributed by atoms with Gasteiger partial charge in [-0.25, -0.2) is 14.4 Å². The van der Waals surface area contributed by atoms with Gasteiger partial charge in [-0.3, -0.25) is 10.1 Å². The van der Waals surface area contributed by atoms with Crippen molar-refractivity contribution in [1.29, 1.82) is 0 Å². The van der Waals surface area contributed by atoms with Gasteiger partial charge in [0.2, 0.25) is 0 Å². The van der Waals surface area contributed by atoms with Gasteiger partial charge in [-0.1, -0.05) is 0 Å². The van der Waals surface area contributed by atoms with Crippen LogP contribution in [0.15, 0.2) is 12.1 Å². The molecule has 1 aromatic carbocycles. The average Bonchev–Trinajstić information content (AvgIpc) is 2.50. The number of nitro benzene ring substituents is 1. The number of carbonyl (C=O) groups is 3. The topological polar surface area (TPSA) is 122 Å². The number of rotatable bonds is 4. The van der Waals surface area contributed by atoms with Crippen LogP contribution in [0, 0.1) is 10.1 Å². The lowest BCUT2D eigenvalue weighted by Gasteiger charge is -2.09. The summed E-state index contributed by atoms with van der Waals surface area (Å²) in [5.41, 5.74) is -1.88. The van der Waals surface area contributed by atoms with Crippen LogP contribution in [0.4, 0.5) is 5.69 Å². The van der Waals surface area contributed by atoms with Crippen LogP contribution >= 0.6 is 0 Å². The molecule has 9 nitrogen and oxygen atoms in total. The molecule has 0 amide bonds. The van der Waals surface area contributed by atoms with Crippen molar-refractivity contribution in [3.05, 3.63) is 38.9 Å². The molecule has 0 heterocycles. The van der Waals surface area contributed by atoms with Crippen LogP contribution in [-0.4, -0.2) is 44.2 Å². The molecule has 0 radical (unpaired) electrons. The molecule has 0 aromatic heterocycles. The highest BCUT2D eigenvalue weighted by Crippen LogP contribution is 2.26. The Balaban J connectivity index is 3.69. The first-order valence-electron chi connectivity index (χ1n) is 5.44. The smallest absolute Gasteiger partial charge is 0.344 e. The van der Waals surface area contributed by atoms with E-state index in [-0.39, 0.29) is 11.1 Å². The Bertz CT molecular complexity index is 622. The number of hydrogen-bond acceptors (Lipinski definition) is 8. The maximum absolute atomic E-state index is 11.6. The van der Waals surface area contributed by atoms with Crippen LogP contribution in [-0.2, 0) is 14.2 Å². The van der Waals surface area contributed by atoms with Gasteiger partial charge in [-0.2, -0.15) is 0 Å². The average molecular weight is 297 g/mol. The summed E-state index contributed by atoms with van der Waals surface area (Å²) < 4.78 is 13.3. The van der Waals surface area contributed by atoms with Crippen molar-refractivity contribution in [3.63, 3.8) is 0 Å². The quantitative estimate of drug-likeness (QED) is 0.348. The molecule has 0 atom stereocenters. The molecule has 0 saturated heterocycles. The van der Waals surface area contributed by atoms with E-state index < -0.39 is 34.1 Å². The normalized spacial score (nSPS) is 9.67. The molecule has 9 heteroatoms. The van der Waals surface area contributed by atoms with Crippen LogP contribution in [0.5, 0.6) is 0 Å². The molecule has 1 rings (SSSR count). The van der Waals surface area contributed by atoms with Crippen molar-refractivity contribution in [2.24, 2.45) is 0 Å². The summed E-state index contributed by atoms with van der Waals surface area (Å²) in [5, 5.41) is 11.0. The zero-order valence-corrected chi connectivity index (χ0v) is 11.4. The Morgan fingerprint density at radius 3 is 1.62 bits per heavy atom. The summed E-state index contributed by atoms with van der Waals surface area (Å²) in [6.45, 7) is 0. The van der Waals surface area contributed by atoms with Gasteiger partial charge in [-0.15, -0.1) is 0 Å². The molecule has 0 aliphatic heterocycles. The number of carbonyl (C=O) groups excluding carboxylic acids is 3. The molecule has 0 bridgehead atoms. The minimum absolute atomic E-state index is 0.338. The number of benzene rings is 1. The Morgan fingerprint density at radius 2 is 1.24 bits per heavy atom. The molecule has 21 heavy (non-hydrogen) atoms. The number of methoxy groups -OCH3 is 3. The van der Waals surface area contributed by atoms with E-state index in [9.17, 15) is 24.5 Å². The van der Waals surface area contributed by atoms with Gasteiger partial charge >= 0.3 is 17.9 Å². The molecule has 0 unspecified atom stereocenters. The van der Waals surface area contributed by atoms with E-state index in [0.717, 1.165) is 33.5 Å². The summed E-state index contributed by atoms with van der Waals surface area (Å²) in [6.07, 6.45) is 0. The minimum atomic E-state index is -1.02. The van der Waals surface area contributed by atoms with Crippen LogP contribution in [0.2, 0.25) is 0 Å². The van der Waals surface area contributed by atoms with Crippen molar-refractivity contribution in [2.45, 2.75) is 0 Å². The zero-order valence-electron chi connectivity index (χ0n) is 11.4. The van der Waals surface area contributed by atoms with Crippen LogP contribution in [0.25, 0.3) is 0 Å². The summed E-state index contributed by atoms with van der Waals surface area (Å²) >= 11 is 0. The third-order valence-corrected chi connectivity index (χ3v) is 2.55. The summed E-state index contributed by atoms with van der Waals surface area (Å²) in [5.74, 6) is -2.95. The highest BCUT2D eigenvalue weighted by Gasteiger charge is 2.29. The predicted octanol–water partition coefficient (Wildman–Crippen LogP) is 0.955. The van der Waals surface area contributed by atoms with Crippen molar-refractivity contribution >= 4 is 23.6 Å². The van der Waals surface area contributed by atoms with Crippen LogP contribution < -0.4 is 0 Å². The second-order valence-corrected chi connectivity index (χ2v) is 3.65. The zero-order chi connectivity index (χ0) is 16.2. The van der Waals surface area contributed by atoms with E-state index in [1.54, 1.807) is 0 Å². The standard InChI is InChI=1S/C12H11NO8/c1-19-10(14)6-4-8(12(16)21-3)9(13(17)18)5-7(6)11(15)20-2/h4-5H,1-3H3. The number of esters is 3. The number of ether oxygens (including phenoxy) is 3. The van der Waals surface area contributed by atoms with E-state index in [0.29, 0.717) is 0 Å². The largest absolute Gasteiger partial charge is 0.465 e. The first-order chi connectivity index (χ1) is 9.87. The molecule has 0 spiro atoms. The maximum Gasteiger partial charge on any atom is 0.344 e. The van der Waals surface area contributed by atoms with Gasteiger partial charge in [0.1, 0.15) is 5.56 Å². The van der Waals surface area contributed by atoms with E-state index in [4.69, 9.17) is 0 Å². The summed E-state index contributed by atoms with van der Waals surface area (Å²) in [7, 11) is 3.13. The molecular weight excluding hydrogens is 286 g/mol. The second kappa shape index (κ2) is 6.46. The molecule has 0 N–H and O–H groups in total. The molecule has 0 aliphatic rings. The fourth-order valence-electron chi connectivity index (χ4n) is 1.57. The van der Waals surface area contributed by atoms with Crippen LogP contribution in [0.1, 0.15) is 31.1 Å². The fraction of sp³-hybridized carbons (Fsp3) is 0.250. The Morgan fingerprint density at radius 1 is 0.857 bits per heavy atom. The second-order valence-electron chi connectivity index (χ2n) is 3.65. The van der Waals surface area contributed by atoms with Crippen molar-refractivity contribution in [3.8, 4) is 0 Å². The van der Waals surface area contributed by atoms with Crippen molar-refractivity contribution < 1.29 is 33.5 Å². The third kappa shape index (κ3) is 3.14. The Kier molecular flexibility index (Phi) is 4.95. The van der Waals surface area contributed by atoms with E-state index in [1.165, 1.54) is 0 Å². The molecular formula is C12H11NO8. The van der Waals surface area contributed by atoms with E-state index in [2.05, 4.69) is 14.2 Å². The van der Waals surface area contributed by atoms with Gasteiger partial charge in [-0.05, 0) is 6.07 Å². The number of nitrogens with zero attached hydrogens (tertiary/aromatic N) is 1. The first-order valence-corrected chi connectivity index (χ1v) is 5.44. The number of nitro groups is 1. The van der Waals surface area contributed by atoms with Gasteiger partial charge < -0.3 is 14.2 Å². The molecule has 0 saturated carbocycles. The van der Waals surface area contributed by atoms with E-state index >= 15 is 0 Å². The fourth-order valence-corrected chi connectivity index (χ4v) is 1.57. The summed E-state index contributed by atoms with van der Waals surface area (Å²) in [6, 6.07) is 1.63. The van der Waals surface area contributed by atoms with Crippen LogP contribution in [0.3, 0.4) is 0 Å². The van der Waals surface area contributed by atoms with Crippen molar-refractivity contribution in [2.75, 3.05) is 21.3 Å². The molecule has 0 aliphatic carbocycles. The molecule has 0 fully saturated rings. The monoisotopic (exact) mass is 297 g/mol. The van der Waals surface area contributed by atoms with E-state index in [1.807, 2.05) is 0 Å². The predicted molar refractivity (Wildman–Crippen MR) is 67.1 cm³/mol. The lowest BCUT2D eigenvalue weighted by molar-refractivity contribution is -0.385. The lowest BCUT2D eigenvalue weighted by Crippen LogP contribution is -2.15.